The van der Waals surface area contributed by atoms with Crippen LogP contribution in [0.25, 0.3) is 11.0 Å². The summed E-state index contributed by atoms with van der Waals surface area (Å²) in [7, 11) is 0. The number of benzene rings is 3. The smallest absolute Gasteiger partial charge is 0.335 e. The van der Waals surface area contributed by atoms with E-state index in [9.17, 15) is 14.3 Å². The zero-order valence-corrected chi connectivity index (χ0v) is 24.2. The SMILES string of the molecule is CC1(c2ccc(Cl)cc2F)Cc2cccc(C3CCN(Cc4nc5ccc(C(=O)O)cc5n4CC4CCO4)CC3)c2O1. The first-order chi connectivity index (χ1) is 20.3. The molecule has 2 unspecified atom stereocenters. The van der Waals surface area contributed by atoms with Crippen molar-refractivity contribution in [2.45, 2.75) is 63.3 Å². The van der Waals surface area contributed by atoms with Crippen molar-refractivity contribution in [3.05, 3.63) is 93.5 Å². The fraction of sp³-hybridized carbons (Fsp3) is 0.394. The molecule has 0 amide bonds. The number of rotatable bonds is 7. The molecule has 218 valence electrons. The summed E-state index contributed by atoms with van der Waals surface area (Å²) in [6.45, 7) is 5.88. The summed E-state index contributed by atoms with van der Waals surface area (Å²) in [4.78, 5) is 19.0. The molecular weight excluding hydrogens is 557 g/mol. The summed E-state index contributed by atoms with van der Waals surface area (Å²) in [6, 6.07) is 16.3. The third-order valence-electron chi connectivity index (χ3n) is 9.13. The van der Waals surface area contributed by atoms with Crippen LogP contribution in [0, 0.1) is 5.82 Å². The number of likely N-dealkylation sites (tertiary alicyclic amines) is 1. The van der Waals surface area contributed by atoms with Gasteiger partial charge in [0.2, 0.25) is 0 Å². The predicted octanol–water partition coefficient (Wildman–Crippen LogP) is 6.55. The molecule has 2 saturated heterocycles. The molecule has 3 aliphatic rings. The van der Waals surface area contributed by atoms with Gasteiger partial charge in [-0.05, 0) is 86.7 Å². The van der Waals surface area contributed by atoms with Gasteiger partial charge in [0.15, 0.2) is 0 Å². The van der Waals surface area contributed by atoms with Crippen molar-refractivity contribution in [1.29, 1.82) is 0 Å². The van der Waals surface area contributed by atoms with Crippen molar-refractivity contribution in [3.8, 4) is 5.75 Å². The second-order valence-corrected chi connectivity index (χ2v) is 12.4. The molecule has 2 atom stereocenters. The van der Waals surface area contributed by atoms with Crippen LogP contribution in [0.4, 0.5) is 4.39 Å². The van der Waals surface area contributed by atoms with Crippen LogP contribution in [0.3, 0.4) is 0 Å². The van der Waals surface area contributed by atoms with Gasteiger partial charge >= 0.3 is 5.97 Å². The molecule has 1 N–H and O–H groups in total. The Kier molecular flexibility index (Phi) is 6.95. The Morgan fingerprint density at radius 3 is 2.67 bits per heavy atom. The number of carboxylic acid groups (broad SMARTS) is 1. The number of imidazole rings is 1. The fourth-order valence-corrected chi connectivity index (χ4v) is 6.91. The summed E-state index contributed by atoms with van der Waals surface area (Å²) >= 11 is 6.01. The number of hydrogen-bond donors (Lipinski definition) is 1. The van der Waals surface area contributed by atoms with E-state index in [1.165, 1.54) is 11.6 Å². The van der Waals surface area contributed by atoms with Crippen molar-refractivity contribution in [2.24, 2.45) is 0 Å². The highest BCUT2D eigenvalue weighted by atomic mass is 35.5. The van der Waals surface area contributed by atoms with Crippen LogP contribution in [0.2, 0.25) is 5.02 Å². The van der Waals surface area contributed by atoms with Gasteiger partial charge in [0, 0.05) is 23.6 Å². The lowest BCUT2D eigenvalue weighted by molar-refractivity contribution is -0.0592. The van der Waals surface area contributed by atoms with E-state index in [4.69, 9.17) is 26.1 Å². The number of ether oxygens (including phenoxy) is 2. The van der Waals surface area contributed by atoms with Crippen LogP contribution in [0.15, 0.2) is 54.6 Å². The van der Waals surface area contributed by atoms with E-state index >= 15 is 0 Å². The standard InChI is InChI=1S/C33H33ClFN3O4/c1-33(26-7-6-23(34)16-27(26)35)17-22-3-2-4-25(31(22)42-33)20-9-12-37(13-10-20)19-30-36-28-8-5-21(32(39)40)15-29(28)38(30)18-24-11-14-41-24/h2-8,15-16,20,24H,9-14,17-19H2,1H3,(H,39,40). The van der Waals surface area contributed by atoms with E-state index in [0.717, 1.165) is 67.1 Å². The van der Waals surface area contributed by atoms with Crippen LogP contribution in [-0.4, -0.2) is 51.3 Å². The molecule has 3 aliphatic heterocycles. The average molecular weight is 590 g/mol. The maximum atomic E-state index is 14.9. The summed E-state index contributed by atoms with van der Waals surface area (Å²) in [5.41, 5.74) is 3.96. The summed E-state index contributed by atoms with van der Waals surface area (Å²) < 4.78 is 29.3. The van der Waals surface area contributed by atoms with E-state index in [2.05, 4.69) is 27.7 Å². The van der Waals surface area contributed by atoms with E-state index in [1.54, 1.807) is 30.3 Å². The van der Waals surface area contributed by atoms with E-state index in [1.807, 2.05) is 6.92 Å². The number of para-hydroxylation sites is 1. The number of aromatic nitrogens is 2. The maximum absolute atomic E-state index is 14.9. The minimum atomic E-state index is -0.942. The molecule has 42 heavy (non-hydrogen) atoms. The van der Waals surface area contributed by atoms with Crippen molar-refractivity contribution in [1.82, 2.24) is 14.5 Å². The van der Waals surface area contributed by atoms with Crippen LogP contribution in [-0.2, 0) is 29.8 Å². The van der Waals surface area contributed by atoms with Crippen molar-refractivity contribution >= 4 is 28.6 Å². The number of carbonyl (C=O) groups is 1. The lowest BCUT2D eigenvalue weighted by atomic mass is 9.86. The number of halogens is 2. The summed E-state index contributed by atoms with van der Waals surface area (Å²) in [5, 5.41) is 9.91. The Labute approximate surface area is 248 Å². The van der Waals surface area contributed by atoms with Gasteiger partial charge in [0.25, 0.3) is 0 Å². The van der Waals surface area contributed by atoms with Gasteiger partial charge in [0.1, 0.15) is 23.0 Å². The molecule has 0 radical (unpaired) electrons. The topological polar surface area (TPSA) is 76.8 Å². The van der Waals surface area contributed by atoms with Gasteiger partial charge in [0.05, 0.1) is 35.8 Å². The zero-order valence-electron chi connectivity index (χ0n) is 23.5. The monoisotopic (exact) mass is 589 g/mol. The van der Waals surface area contributed by atoms with Gasteiger partial charge in [-0.3, -0.25) is 4.90 Å². The second kappa shape index (κ2) is 10.7. The minimum absolute atomic E-state index is 0.132. The minimum Gasteiger partial charge on any atom is -0.482 e. The van der Waals surface area contributed by atoms with Crippen molar-refractivity contribution in [2.75, 3.05) is 19.7 Å². The zero-order chi connectivity index (χ0) is 29.0. The summed E-state index contributed by atoms with van der Waals surface area (Å²) in [6.07, 6.45) is 3.68. The molecular formula is C33H33ClFN3O4. The normalized spacial score (nSPS) is 22.6. The Hall–Kier alpha value is -3.46. The molecule has 0 bridgehead atoms. The molecule has 3 aromatic carbocycles. The summed E-state index contributed by atoms with van der Waals surface area (Å²) in [5.74, 6) is 0.884. The van der Waals surface area contributed by atoms with Crippen molar-refractivity contribution in [3.63, 3.8) is 0 Å². The third-order valence-corrected chi connectivity index (χ3v) is 9.36. The van der Waals surface area contributed by atoms with Gasteiger partial charge in [-0.2, -0.15) is 0 Å². The van der Waals surface area contributed by atoms with Gasteiger partial charge in [-0.1, -0.05) is 35.9 Å². The highest BCUT2D eigenvalue weighted by molar-refractivity contribution is 6.30. The number of aromatic carboxylic acids is 1. The highest BCUT2D eigenvalue weighted by Gasteiger charge is 2.40. The fourth-order valence-electron chi connectivity index (χ4n) is 6.75. The first kappa shape index (κ1) is 27.4. The number of piperidine rings is 1. The molecule has 0 saturated carbocycles. The highest BCUT2D eigenvalue weighted by Crippen LogP contribution is 2.47. The number of nitrogens with zero attached hydrogens (tertiary/aromatic N) is 3. The van der Waals surface area contributed by atoms with Gasteiger partial charge in [-0.25, -0.2) is 14.2 Å². The van der Waals surface area contributed by atoms with E-state index < -0.39 is 11.6 Å². The first-order valence-electron chi connectivity index (χ1n) is 14.6. The van der Waals surface area contributed by atoms with E-state index in [-0.39, 0.29) is 17.5 Å². The molecule has 0 spiro atoms. The molecule has 7 rings (SSSR count). The van der Waals surface area contributed by atoms with Crippen LogP contribution in [0.1, 0.15) is 65.0 Å². The molecule has 4 heterocycles. The molecule has 9 heteroatoms. The Balaban J connectivity index is 1.08. The molecule has 1 aromatic heterocycles. The number of fused-ring (bicyclic) bond motifs is 2. The maximum Gasteiger partial charge on any atom is 0.335 e. The first-order valence-corrected chi connectivity index (χ1v) is 15.0. The average Bonchev–Trinajstić information content (AvgIpc) is 3.47. The number of carboxylic acids is 1. The largest absolute Gasteiger partial charge is 0.482 e. The van der Waals surface area contributed by atoms with Crippen molar-refractivity contribution < 1.29 is 23.8 Å². The quantitative estimate of drug-likeness (QED) is 0.264. The molecule has 0 aliphatic carbocycles. The van der Waals surface area contributed by atoms with Gasteiger partial charge < -0.3 is 19.1 Å². The predicted molar refractivity (Wildman–Crippen MR) is 158 cm³/mol. The Bertz CT molecular complexity index is 1680. The lowest BCUT2D eigenvalue weighted by Crippen LogP contribution is -2.35. The third kappa shape index (κ3) is 4.95. The van der Waals surface area contributed by atoms with E-state index in [0.29, 0.717) is 36.0 Å². The van der Waals surface area contributed by atoms with Gasteiger partial charge in [-0.15, -0.1) is 0 Å². The van der Waals surface area contributed by atoms with Crippen LogP contribution >= 0.6 is 11.6 Å². The second-order valence-electron chi connectivity index (χ2n) is 11.9. The lowest BCUT2D eigenvalue weighted by Gasteiger charge is -2.33. The molecule has 7 nitrogen and oxygen atoms in total. The molecule has 2 fully saturated rings. The molecule has 4 aromatic rings. The Morgan fingerprint density at radius 2 is 1.95 bits per heavy atom. The van der Waals surface area contributed by atoms with Crippen LogP contribution < -0.4 is 4.74 Å². The Morgan fingerprint density at radius 1 is 1.14 bits per heavy atom. The van der Waals surface area contributed by atoms with Crippen LogP contribution in [0.5, 0.6) is 5.75 Å². The number of hydrogen-bond acceptors (Lipinski definition) is 5.